The molecule has 3 rings (SSSR count). The molecule has 2 aromatic heterocycles. The molecule has 0 atom stereocenters. The molecule has 0 aliphatic heterocycles. The van der Waals surface area contributed by atoms with E-state index >= 15 is 0 Å². The van der Waals surface area contributed by atoms with Crippen LogP contribution in [-0.2, 0) is 6.54 Å². The van der Waals surface area contributed by atoms with Crippen molar-refractivity contribution in [2.75, 3.05) is 5.73 Å². The Bertz CT molecular complexity index is 905. The first kappa shape index (κ1) is 16.1. The van der Waals surface area contributed by atoms with Gasteiger partial charge in [-0.15, -0.1) is 11.3 Å². The first-order valence-corrected chi connectivity index (χ1v) is 7.87. The quantitative estimate of drug-likeness (QED) is 0.755. The molecule has 124 valence electrons. The second-order valence-electron chi connectivity index (χ2n) is 5.13. The highest BCUT2D eigenvalue weighted by molar-refractivity contribution is 7.13. The van der Waals surface area contributed by atoms with Crippen LogP contribution in [0.25, 0.3) is 10.6 Å². The van der Waals surface area contributed by atoms with Crippen LogP contribution in [0.2, 0.25) is 0 Å². The first-order chi connectivity index (χ1) is 11.5. The van der Waals surface area contributed by atoms with Crippen LogP contribution in [-0.4, -0.2) is 11.1 Å². The molecule has 3 aromatic rings. The highest BCUT2D eigenvalue weighted by Gasteiger charge is 2.24. The number of amides is 1. The predicted molar refractivity (Wildman–Crippen MR) is 86.5 cm³/mol. The molecule has 0 unspecified atom stereocenters. The van der Waals surface area contributed by atoms with E-state index in [0.29, 0.717) is 11.3 Å². The zero-order valence-electron chi connectivity index (χ0n) is 12.6. The van der Waals surface area contributed by atoms with E-state index in [-0.39, 0.29) is 18.0 Å². The maximum absolute atomic E-state index is 13.2. The van der Waals surface area contributed by atoms with Crippen LogP contribution >= 0.6 is 11.3 Å². The zero-order chi connectivity index (χ0) is 17.3. The van der Waals surface area contributed by atoms with E-state index in [1.165, 1.54) is 17.4 Å². The normalized spacial score (nSPS) is 10.8. The summed E-state index contributed by atoms with van der Waals surface area (Å²) in [5.41, 5.74) is 7.58. The van der Waals surface area contributed by atoms with Gasteiger partial charge >= 0.3 is 0 Å². The Morgan fingerprint density at radius 1 is 1.33 bits per heavy atom. The number of rotatable bonds is 4. The van der Waals surface area contributed by atoms with Gasteiger partial charge in [0.15, 0.2) is 11.6 Å². The molecule has 0 aliphatic rings. The Hall–Kier alpha value is -2.74. The molecule has 0 saturated heterocycles. The lowest BCUT2D eigenvalue weighted by molar-refractivity contribution is 0.0952. The lowest BCUT2D eigenvalue weighted by Gasteiger charge is -2.06. The second-order valence-corrected chi connectivity index (χ2v) is 6.05. The summed E-state index contributed by atoms with van der Waals surface area (Å²) in [6.45, 7) is 1.91. The monoisotopic (exact) mass is 349 g/mol. The Kier molecular flexibility index (Phi) is 4.30. The summed E-state index contributed by atoms with van der Waals surface area (Å²) in [6, 6.07) is 5.32. The van der Waals surface area contributed by atoms with Gasteiger partial charge in [0.25, 0.3) is 5.91 Å². The topological polar surface area (TPSA) is 81.2 Å². The lowest BCUT2D eigenvalue weighted by Crippen LogP contribution is -2.24. The summed E-state index contributed by atoms with van der Waals surface area (Å²) in [7, 11) is 0. The molecule has 5 nitrogen and oxygen atoms in total. The number of nitrogens with one attached hydrogen (secondary N) is 1. The van der Waals surface area contributed by atoms with Crippen molar-refractivity contribution in [2.24, 2.45) is 0 Å². The minimum atomic E-state index is -0.971. The lowest BCUT2D eigenvalue weighted by atomic mass is 10.1. The van der Waals surface area contributed by atoms with E-state index in [4.69, 9.17) is 10.3 Å². The smallest absolute Gasteiger partial charge is 0.259 e. The highest BCUT2D eigenvalue weighted by atomic mass is 32.1. The molecule has 0 radical (unpaired) electrons. The molecule has 24 heavy (non-hydrogen) atoms. The highest BCUT2D eigenvalue weighted by Crippen LogP contribution is 2.33. The molecular weight excluding hydrogens is 336 g/mol. The fourth-order valence-corrected chi connectivity index (χ4v) is 3.13. The van der Waals surface area contributed by atoms with Crippen LogP contribution < -0.4 is 11.1 Å². The number of benzene rings is 1. The molecule has 0 bridgehead atoms. The number of carbonyl (C=O) groups excluding carboxylic acids is 1. The number of aromatic nitrogens is 1. The van der Waals surface area contributed by atoms with Gasteiger partial charge in [0.1, 0.15) is 11.3 Å². The number of nitrogen functional groups attached to an aromatic ring is 1. The second kappa shape index (κ2) is 6.40. The average Bonchev–Trinajstić information content (AvgIpc) is 3.13. The molecule has 2 heterocycles. The number of aryl methyl sites for hydroxylation is 1. The third-order valence-electron chi connectivity index (χ3n) is 3.46. The van der Waals surface area contributed by atoms with Gasteiger partial charge in [0.05, 0.1) is 4.88 Å². The standard InChI is InChI=1S/C16H13F2N3O2S/c1-8-4-5-24-14(8)13-12(15(19)23-21-13)16(22)20-7-9-2-3-10(17)11(18)6-9/h2-6H,7,19H2,1H3,(H,20,22). The number of carbonyl (C=O) groups is 1. The summed E-state index contributed by atoms with van der Waals surface area (Å²) in [4.78, 5) is 13.2. The van der Waals surface area contributed by atoms with Gasteiger partial charge in [0.2, 0.25) is 5.88 Å². The van der Waals surface area contributed by atoms with E-state index in [9.17, 15) is 13.6 Å². The SMILES string of the molecule is Cc1ccsc1-c1noc(N)c1C(=O)NCc1ccc(F)c(F)c1. The Balaban J connectivity index is 1.82. The number of halogens is 2. The van der Waals surface area contributed by atoms with Crippen LogP contribution in [0.1, 0.15) is 21.5 Å². The molecule has 0 fully saturated rings. The Morgan fingerprint density at radius 3 is 2.79 bits per heavy atom. The van der Waals surface area contributed by atoms with Crippen molar-refractivity contribution in [3.8, 4) is 10.6 Å². The Morgan fingerprint density at radius 2 is 2.12 bits per heavy atom. The number of nitrogens with zero attached hydrogens (tertiary/aromatic N) is 1. The third kappa shape index (κ3) is 3.00. The van der Waals surface area contributed by atoms with Crippen LogP contribution in [0, 0.1) is 18.6 Å². The van der Waals surface area contributed by atoms with Gasteiger partial charge in [0, 0.05) is 6.54 Å². The molecule has 1 aromatic carbocycles. The van der Waals surface area contributed by atoms with Gasteiger partial charge in [-0.1, -0.05) is 11.2 Å². The van der Waals surface area contributed by atoms with Crippen molar-refractivity contribution in [3.05, 3.63) is 58.0 Å². The van der Waals surface area contributed by atoms with Crippen LogP contribution in [0.3, 0.4) is 0 Å². The van der Waals surface area contributed by atoms with Crippen molar-refractivity contribution in [3.63, 3.8) is 0 Å². The molecule has 0 aliphatic carbocycles. The first-order valence-electron chi connectivity index (χ1n) is 6.99. The average molecular weight is 349 g/mol. The summed E-state index contributed by atoms with van der Waals surface area (Å²) < 4.78 is 31.1. The van der Waals surface area contributed by atoms with E-state index in [2.05, 4.69) is 10.5 Å². The fraction of sp³-hybridized carbons (Fsp3) is 0.125. The van der Waals surface area contributed by atoms with Crippen molar-refractivity contribution in [1.82, 2.24) is 10.5 Å². The van der Waals surface area contributed by atoms with Crippen LogP contribution in [0.15, 0.2) is 34.2 Å². The summed E-state index contributed by atoms with van der Waals surface area (Å²) >= 11 is 1.42. The number of anilines is 1. The Labute approximate surface area is 140 Å². The summed E-state index contributed by atoms with van der Waals surface area (Å²) in [5.74, 6) is -2.51. The minimum absolute atomic E-state index is 0.0174. The molecule has 1 amide bonds. The van der Waals surface area contributed by atoms with E-state index in [0.717, 1.165) is 22.6 Å². The summed E-state index contributed by atoms with van der Waals surface area (Å²) in [6.07, 6.45) is 0. The minimum Gasteiger partial charge on any atom is -0.367 e. The number of hydrogen-bond acceptors (Lipinski definition) is 5. The van der Waals surface area contributed by atoms with E-state index in [1.54, 1.807) is 0 Å². The van der Waals surface area contributed by atoms with Crippen molar-refractivity contribution in [1.29, 1.82) is 0 Å². The van der Waals surface area contributed by atoms with Gasteiger partial charge in [-0.3, -0.25) is 4.79 Å². The van der Waals surface area contributed by atoms with Gasteiger partial charge in [-0.25, -0.2) is 8.78 Å². The molecule has 0 spiro atoms. The van der Waals surface area contributed by atoms with Crippen molar-refractivity contribution >= 4 is 23.1 Å². The number of hydrogen-bond donors (Lipinski definition) is 2. The molecular formula is C16H13F2N3O2S. The third-order valence-corrected chi connectivity index (χ3v) is 4.48. The van der Waals surface area contributed by atoms with Gasteiger partial charge < -0.3 is 15.6 Å². The van der Waals surface area contributed by atoms with Crippen LogP contribution in [0.5, 0.6) is 0 Å². The van der Waals surface area contributed by atoms with Gasteiger partial charge in [-0.2, -0.15) is 0 Å². The maximum Gasteiger partial charge on any atom is 0.259 e. The summed E-state index contributed by atoms with van der Waals surface area (Å²) in [5, 5.41) is 8.34. The number of nitrogens with two attached hydrogens (primary N) is 1. The molecule has 0 saturated carbocycles. The zero-order valence-corrected chi connectivity index (χ0v) is 13.4. The van der Waals surface area contributed by atoms with Crippen molar-refractivity contribution in [2.45, 2.75) is 13.5 Å². The van der Waals surface area contributed by atoms with E-state index in [1.807, 2.05) is 18.4 Å². The van der Waals surface area contributed by atoms with Gasteiger partial charge in [-0.05, 0) is 41.6 Å². The van der Waals surface area contributed by atoms with E-state index < -0.39 is 17.5 Å². The maximum atomic E-state index is 13.2. The largest absolute Gasteiger partial charge is 0.367 e. The molecule has 3 N–H and O–H groups in total. The molecule has 8 heteroatoms. The van der Waals surface area contributed by atoms with Crippen molar-refractivity contribution < 1.29 is 18.1 Å². The number of thiophene rings is 1. The predicted octanol–water partition coefficient (Wildman–Crippen LogP) is 3.50. The fourth-order valence-electron chi connectivity index (χ4n) is 2.21. The van der Waals surface area contributed by atoms with Crippen LogP contribution in [0.4, 0.5) is 14.7 Å².